The number of aryl methyl sites for hydroxylation is 1. The number of allylic oxidation sites excluding steroid dienone is 2. The fourth-order valence-corrected chi connectivity index (χ4v) is 3.37. The number of para-hydroxylation sites is 1. The van der Waals surface area contributed by atoms with Crippen LogP contribution in [0.15, 0.2) is 30.4 Å². The number of amides is 1. The SMILES string of the molecule is Cc1cccc2sc(NC(=O)CC3C=CCC3)nc12. The quantitative estimate of drug-likeness (QED) is 0.861. The van der Waals surface area contributed by atoms with Gasteiger partial charge in [0.15, 0.2) is 5.13 Å². The first kappa shape index (κ1) is 12.4. The lowest BCUT2D eigenvalue weighted by atomic mass is 10.1. The van der Waals surface area contributed by atoms with Gasteiger partial charge in [-0.3, -0.25) is 4.79 Å². The Bertz CT molecular complexity index is 645. The highest BCUT2D eigenvalue weighted by Gasteiger charge is 2.15. The van der Waals surface area contributed by atoms with Crippen molar-refractivity contribution in [1.82, 2.24) is 4.98 Å². The van der Waals surface area contributed by atoms with E-state index >= 15 is 0 Å². The Labute approximate surface area is 116 Å². The first-order valence-electron chi connectivity index (χ1n) is 6.55. The van der Waals surface area contributed by atoms with Crippen molar-refractivity contribution in [2.45, 2.75) is 26.2 Å². The van der Waals surface area contributed by atoms with Crippen molar-refractivity contribution in [3.8, 4) is 0 Å². The van der Waals surface area contributed by atoms with Gasteiger partial charge < -0.3 is 5.32 Å². The number of hydrogen-bond acceptors (Lipinski definition) is 3. The Morgan fingerprint density at radius 2 is 2.42 bits per heavy atom. The molecule has 0 aliphatic heterocycles. The Morgan fingerprint density at radius 3 is 3.16 bits per heavy atom. The lowest BCUT2D eigenvalue weighted by molar-refractivity contribution is -0.116. The van der Waals surface area contributed by atoms with E-state index in [9.17, 15) is 4.79 Å². The molecule has 1 aliphatic carbocycles. The van der Waals surface area contributed by atoms with E-state index in [-0.39, 0.29) is 5.91 Å². The molecular weight excluding hydrogens is 256 g/mol. The second-order valence-corrected chi connectivity index (χ2v) is 5.99. The van der Waals surface area contributed by atoms with Crippen LogP contribution < -0.4 is 5.32 Å². The summed E-state index contributed by atoms with van der Waals surface area (Å²) in [4.78, 5) is 16.4. The number of nitrogens with one attached hydrogen (secondary N) is 1. The standard InChI is InChI=1S/C15H16N2OS/c1-10-5-4-8-12-14(10)17-15(19-12)16-13(18)9-11-6-2-3-7-11/h2,4-6,8,11H,3,7,9H2,1H3,(H,16,17,18). The van der Waals surface area contributed by atoms with Gasteiger partial charge in [0.2, 0.25) is 5.91 Å². The van der Waals surface area contributed by atoms with Crippen molar-refractivity contribution in [3.63, 3.8) is 0 Å². The first-order valence-corrected chi connectivity index (χ1v) is 7.37. The Kier molecular flexibility index (Phi) is 3.34. The lowest BCUT2D eigenvalue weighted by Crippen LogP contribution is -2.14. The largest absolute Gasteiger partial charge is 0.302 e. The van der Waals surface area contributed by atoms with E-state index in [0.717, 1.165) is 28.6 Å². The van der Waals surface area contributed by atoms with Crippen LogP contribution in [0.3, 0.4) is 0 Å². The van der Waals surface area contributed by atoms with E-state index < -0.39 is 0 Å². The molecule has 0 spiro atoms. The number of fused-ring (bicyclic) bond motifs is 1. The van der Waals surface area contributed by atoms with E-state index in [1.54, 1.807) is 0 Å². The number of carbonyl (C=O) groups is 1. The van der Waals surface area contributed by atoms with Gasteiger partial charge in [0.05, 0.1) is 10.2 Å². The van der Waals surface area contributed by atoms with Crippen molar-refractivity contribution < 1.29 is 4.79 Å². The highest BCUT2D eigenvalue weighted by molar-refractivity contribution is 7.22. The molecule has 1 aromatic carbocycles. The molecule has 1 amide bonds. The number of hydrogen-bond donors (Lipinski definition) is 1. The molecule has 1 aromatic heterocycles. The second kappa shape index (κ2) is 5.13. The molecule has 0 radical (unpaired) electrons. The molecule has 1 aliphatic rings. The number of nitrogens with zero attached hydrogens (tertiary/aromatic N) is 1. The molecule has 0 saturated carbocycles. The van der Waals surface area contributed by atoms with Crippen LogP contribution in [0.1, 0.15) is 24.8 Å². The predicted octanol–water partition coefficient (Wildman–Crippen LogP) is 3.90. The number of benzene rings is 1. The average molecular weight is 272 g/mol. The van der Waals surface area contributed by atoms with Crippen LogP contribution in [0.2, 0.25) is 0 Å². The summed E-state index contributed by atoms with van der Waals surface area (Å²) in [6.45, 7) is 2.04. The fourth-order valence-electron chi connectivity index (χ4n) is 2.41. The minimum Gasteiger partial charge on any atom is -0.302 e. The summed E-state index contributed by atoms with van der Waals surface area (Å²) < 4.78 is 1.12. The molecule has 2 aromatic rings. The van der Waals surface area contributed by atoms with Crippen LogP contribution in [0.25, 0.3) is 10.2 Å². The number of anilines is 1. The third-order valence-corrected chi connectivity index (χ3v) is 4.36. The zero-order valence-corrected chi connectivity index (χ0v) is 11.7. The van der Waals surface area contributed by atoms with Crippen molar-refractivity contribution in [3.05, 3.63) is 35.9 Å². The summed E-state index contributed by atoms with van der Waals surface area (Å²) in [6.07, 6.45) is 7.04. The maximum Gasteiger partial charge on any atom is 0.226 e. The van der Waals surface area contributed by atoms with E-state index in [0.29, 0.717) is 17.5 Å². The number of thiazole rings is 1. The van der Waals surface area contributed by atoms with E-state index in [2.05, 4.69) is 22.5 Å². The van der Waals surface area contributed by atoms with Crippen LogP contribution in [-0.4, -0.2) is 10.9 Å². The summed E-state index contributed by atoms with van der Waals surface area (Å²) in [5, 5.41) is 3.62. The molecular formula is C15H16N2OS. The summed E-state index contributed by atoms with van der Waals surface area (Å²) in [6, 6.07) is 6.09. The van der Waals surface area contributed by atoms with Crippen LogP contribution in [0.5, 0.6) is 0 Å². The Morgan fingerprint density at radius 1 is 1.53 bits per heavy atom. The molecule has 3 nitrogen and oxygen atoms in total. The summed E-state index contributed by atoms with van der Waals surface area (Å²) in [7, 11) is 0. The van der Waals surface area contributed by atoms with Crippen LogP contribution in [-0.2, 0) is 4.79 Å². The van der Waals surface area contributed by atoms with Gasteiger partial charge in [0.1, 0.15) is 0 Å². The third-order valence-electron chi connectivity index (χ3n) is 3.43. The van der Waals surface area contributed by atoms with Crippen molar-refractivity contribution in [2.24, 2.45) is 5.92 Å². The van der Waals surface area contributed by atoms with Gasteiger partial charge in [0, 0.05) is 6.42 Å². The van der Waals surface area contributed by atoms with Gasteiger partial charge in [-0.15, -0.1) is 0 Å². The fraction of sp³-hybridized carbons (Fsp3) is 0.333. The molecule has 1 unspecified atom stereocenters. The van der Waals surface area contributed by atoms with Gasteiger partial charge in [-0.2, -0.15) is 0 Å². The zero-order chi connectivity index (χ0) is 13.2. The molecule has 0 bridgehead atoms. The van der Waals surface area contributed by atoms with Gasteiger partial charge in [0.25, 0.3) is 0 Å². The smallest absolute Gasteiger partial charge is 0.226 e. The minimum absolute atomic E-state index is 0.0632. The molecule has 4 heteroatoms. The van der Waals surface area contributed by atoms with Gasteiger partial charge in [-0.05, 0) is 37.3 Å². The minimum atomic E-state index is 0.0632. The molecule has 1 heterocycles. The Balaban J connectivity index is 1.72. The van der Waals surface area contributed by atoms with Crippen molar-refractivity contribution in [2.75, 3.05) is 5.32 Å². The summed E-state index contributed by atoms with van der Waals surface area (Å²) in [5.74, 6) is 0.462. The first-order chi connectivity index (χ1) is 9.22. The molecule has 1 N–H and O–H groups in total. The molecule has 3 rings (SSSR count). The zero-order valence-electron chi connectivity index (χ0n) is 10.8. The number of aromatic nitrogens is 1. The van der Waals surface area contributed by atoms with Crippen LogP contribution >= 0.6 is 11.3 Å². The second-order valence-electron chi connectivity index (χ2n) is 4.96. The lowest BCUT2D eigenvalue weighted by Gasteiger charge is -2.06. The van der Waals surface area contributed by atoms with Crippen LogP contribution in [0, 0.1) is 12.8 Å². The average Bonchev–Trinajstić information content (AvgIpc) is 2.98. The van der Waals surface area contributed by atoms with Crippen molar-refractivity contribution >= 4 is 32.6 Å². The van der Waals surface area contributed by atoms with E-state index in [4.69, 9.17) is 0 Å². The topological polar surface area (TPSA) is 42.0 Å². The normalized spacial score (nSPS) is 18.1. The van der Waals surface area contributed by atoms with Crippen LogP contribution in [0.4, 0.5) is 5.13 Å². The molecule has 0 saturated heterocycles. The van der Waals surface area contributed by atoms with Gasteiger partial charge >= 0.3 is 0 Å². The highest BCUT2D eigenvalue weighted by atomic mass is 32.1. The Hall–Kier alpha value is -1.68. The highest BCUT2D eigenvalue weighted by Crippen LogP contribution is 2.28. The number of carbonyl (C=O) groups excluding carboxylic acids is 1. The number of rotatable bonds is 3. The molecule has 19 heavy (non-hydrogen) atoms. The third kappa shape index (κ3) is 2.68. The van der Waals surface area contributed by atoms with E-state index in [1.807, 2.05) is 25.1 Å². The van der Waals surface area contributed by atoms with Crippen molar-refractivity contribution in [1.29, 1.82) is 0 Å². The predicted molar refractivity (Wildman–Crippen MR) is 79.5 cm³/mol. The van der Waals surface area contributed by atoms with E-state index in [1.165, 1.54) is 11.3 Å². The molecule has 0 fully saturated rings. The van der Waals surface area contributed by atoms with Gasteiger partial charge in [-0.1, -0.05) is 35.6 Å². The monoisotopic (exact) mass is 272 g/mol. The molecule has 1 atom stereocenters. The van der Waals surface area contributed by atoms with Gasteiger partial charge in [-0.25, -0.2) is 4.98 Å². The summed E-state index contributed by atoms with van der Waals surface area (Å²) >= 11 is 1.54. The maximum absolute atomic E-state index is 12.0. The summed E-state index contributed by atoms with van der Waals surface area (Å²) in [5.41, 5.74) is 2.14. The molecule has 98 valence electrons. The maximum atomic E-state index is 12.0.